The number of benzene rings is 1. The van der Waals surface area contributed by atoms with Crippen molar-refractivity contribution in [2.45, 2.75) is 37.8 Å². The Hall–Kier alpha value is -1.66. The molecule has 0 radical (unpaired) electrons. The summed E-state index contributed by atoms with van der Waals surface area (Å²) in [7, 11) is 0. The number of hydrogen-bond acceptors (Lipinski definition) is 4. The molecule has 2 rings (SSSR count). The third-order valence-electron chi connectivity index (χ3n) is 3.68. The van der Waals surface area contributed by atoms with E-state index in [4.69, 9.17) is 10.5 Å². The third-order valence-corrected chi connectivity index (χ3v) is 3.68. The predicted octanol–water partition coefficient (Wildman–Crippen LogP) is 1.55. The highest BCUT2D eigenvalue weighted by Crippen LogP contribution is 2.20. The fraction of sp³-hybridized carbons (Fsp3) is 0.533. The molecule has 0 aromatic heterocycles. The zero-order chi connectivity index (χ0) is 15.2. The van der Waals surface area contributed by atoms with E-state index < -0.39 is 11.7 Å². The lowest BCUT2D eigenvalue weighted by atomic mass is 9.94. The number of rotatable bonds is 5. The van der Waals surface area contributed by atoms with Gasteiger partial charge in [0.1, 0.15) is 17.1 Å². The SMILES string of the molecule is NC1CCC(OCCNC(=O)c2c(O)cccc2F)CC1. The molecule has 0 atom stereocenters. The quantitative estimate of drug-likeness (QED) is 0.720. The molecule has 21 heavy (non-hydrogen) atoms. The first-order valence-corrected chi connectivity index (χ1v) is 7.20. The number of phenolic OH excluding ortho intramolecular Hbond substituents is 1. The Morgan fingerprint density at radius 2 is 2.10 bits per heavy atom. The van der Waals surface area contributed by atoms with Gasteiger partial charge in [-0.15, -0.1) is 0 Å². The molecule has 0 bridgehead atoms. The molecule has 1 aliphatic rings. The summed E-state index contributed by atoms with van der Waals surface area (Å²) in [4.78, 5) is 11.8. The molecule has 6 heteroatoms. The van der Waals surface area contributed by atoms with Crippen molar-refractivity contribution in [3.8, 4) is 5.75 Å². The Bertz CT molecular complexity index is 468. The summed E-state index contributed by atoms with van der Waals surface area (Å²) in [5.41, 5.74) is 5.48. The zero-order valence-electron chi connectivity index (χ0n) is 11.8. The van der Waals surface area contributed by atoms with E-state index in [0.717, 1.165) is 31.7 Å². The number of halogens is 1. The van der Waals surface area contributed by atoms with Gasteiger partial charge >= 0.3 is 0 Å². The first-order chi connectivity index (χ1) is 10.1. The van der Waals surface area contributed by atoms with Crippen molar-refractivity contribution in [3.05, 3.63) is 29.6 Å². The van der Waals surface area contributed by atoms with Crippen LogP contribution in [0, 0.1) is 5.82 Å². The number of carbonyl (C=O) groups is 1. The molecular formula is C15H21FN2O3. The first-order valence-electron chi connectivity index (χ1n) is 7.20. The van der Waals surface area contributed by atoms with Crippen molar-refractivity contribution in [2.75, 3.05) is 13.2 Å². The smallest absolute Gasteiger partial charge is 0.258 e. The normalized spacial score (nSPS) is 22.0. The van der Waals surface area contributed by atoms with Crippen molar-refractivity contribution >= 4 is 5.91 Å². The van der Waals surface area contributed by atoms with Crippen LogP contribution in [0.4, 0.5) is 4.39 Å². The second-order valence-corrected chi connectivity index (χ2v) is 5.30. The number of amides is 1. The van der Waals surface area contributed by atoms with Gasteiger partial charge in [-0.25, -0.2) is 4.39 Å². The van der Waals surface area contributed by atoms with Crippen molar-refractivity contribution in [1.82, 2.24) is 5.32 Å². The number of nitrogens with two attached hydrogens (primary N) is 1. The highest BCUT2D eigenvalue weighted by atomic mass is 19.1. The van der Waals surface area contributed by atoms with Crippen LogP contribution in [0.15, 0.2) is 18.2 Å². The molecule has 1 aromatic rings. The summed E-state index contributed by atoms with van der Waals surface area (Å²) in [6.45, 7) is 0.635. The lowest BCUT2D eigenvalue weighted by Gasteiger charge is -2.26. The average Bonchev–Trinajstić information content (AvgIpc) is 2.45. The minimum absolute atomic E-state index is 0.184. The van der Waals surface area contributed by atoms with E-state index in [1.807, 2.05) is 0 Å². The molecule has 1 aliphatic carbocycles. The number of carbonyl (C=O) groups excluding carboxylic acids is 1. The van der Waals surface area contributed by atoms with E-state index in [1.54, 1.807) is 0 Å². The van der Waals surface area contributed by atoms with Crippen LogP contribution >= 0.6 is 0 Å². The van der Waals surface area contributed by atoms with Crippen LogP contribution in [0.5, 0.6) is 5.75 Å². The Morgan fingerprint density at radius 1 is 1.38 bits per heavy atom. The fourth-order valence-electron chi connectivity index (χ4n) is 2.47. The van der Waals surface area contributed by atoms with Gasteiger partial charge in [0, 0.05) is 12.6 Å². The third kappa shape index (κ3) is 4.41. The molecule has 0 unspecified atom stereocenters. The molecule has 0 heterocycles. The zero-order valence-corrected chi connectivity index (χ0v) is 11.8. The van der Waals surface area contributed by atoms with E-state index in [2.05, 4.69) is 5.32 Å². The summed E-state index contributed by atoms with van der Waals surface area (Å²) < 4.78 is 19.1. The van der Waals surface area contributed by atoms with Crippen LogP contribution in [0.2, 0.25) is 0 Å². The maximum atomic E-state index is 13.5. The van der Waals surface area contributed by atoms with Gasteiger partial charge in [-0.2, -0.15) is 0 Å². The van der Waals surface area contributed by atoms with E-state index >= 15 is 0 Å². The molecule has 0 aliphatic heterocycles. The number of nitrogens with one attached hydrogen (secondary N) is 1. The maximum Gasteiger partial charge on any atom is 0.258 e. The van der Waals surface area contributed by atoms with Crippen molar-refractivity contribution in [1.29, 1.82) is 0 Å². The fourth-order valence-corrected chi connectivity index (χ4v) is 2.47. The molecule has 5 nitrogen and oxygen atoms in total. The van der Waals surface area contributed by atoms with E-state index in [1.165, 1.54) is 12.1 Å². The Labute approximate surface area is 123 Å². The van der Waals surface area contributed by atoms with Gasteiger partial charge in [0.05, 0.1) is 12.7 Å². The topological polar surface area (TPSA) is 84.6 Å². The number of phenols is 1. The van der Waals surface area contributed by atoms with Crippen LogP contribution in [-0.4, -0.2) is 36.3 Å². The van der Waals surface area contributed by atoms with Crippen molar-refractivity contribution in [2.24, 2.45) is 5.73 Å². The van der Waals surface area contributed by atoms with E-state index in [0.29, 0.717) is 6.61 Å². The summed E-state index contributed by atoms with van der Waals surface area (Å²) in [5.74, 6) is -1.75. The predicted molar refractivity (Wildman–Crippen MR) is 76.6 cm³/mol. The van der Waals surface area contributed by atoms with Gasteiger partial charge in [0.2, 0.25) is 0 Å². The Morgan fingerprint density at radius 3 is 2.76 bits per heavy atom. The second-order valence-electron chi connectivity index (χ2n) is 5.30. The Balaban J connectivity index is 1.72. The molecule has 4 N–H and O–H groups in total. The molecule has 0 spiro atoms. The first kappa shape index (κ1) is 15.7. The summed E-state index contributed by atoms with van der Waals surface area (Å²) in [6, 6.07) is 4.03. The molecule has 116 valence electrons. The van der Waals surface area contributed by atoms with Crippen LogP contribution in [0.3, 0.4) is 0 Å². The minimum atomic E-state index is -0.741. The van der Waals surface area contributed by atoms with Crippen LogP contribution < -0.4 is 11.1 Å². The molecule has 0 saturated heterocycles. The van der Waals surface area contributed by atoms with Gasteiger partial charge in [0.15, 0.2) is 0 Å². The van der Waals surface area contributed by atoms with Crippen LogP contribution in [-0.2, 0) is 4.74 Å². The lowest BCUT2D eigenvalue weighted by molar-refractivity contribution is 0.0267. The van der Waals surface area contributed by atoms with Gasteiger partial charge in [0.25, 0.3) is 5.91 Å². The van der Waals surface area contributed by atoms with Crippen molar-refractivity contribution in [3.63, 3.8) is 0 Å². The summed E-state index contributed by atoms with van der Waals surface area (Å²) >= 11 is 0. The average molecular weight is 296 g/mol. The maximum absolute atomic E-state index is 13.5. The molecule has 1 saturated carbocycles. The summed E-state index contributed by atoms with van der Waals surface area (Å²) in [6.07, 6.45) is 3.97. The number of hydrogen-bond donors (Lipinski definition) is 3. The largest absolute Gasteiger partial charge is 0.507 e. The van der Waals surface area contributed by atoms with Crippen molar-refractivity contribution < 1.29 is 19.0 Å². The molecule has 1 aromatic carbocycles. The number of aromatic hydroxyl groups is 1. The molecule has 1 fully saturated rings. The van der Waals surface area contributed by atoms with Gasteiger partial charge in [-0.3, -0.25) is 4.79 Å². The Kier molecular flexibility index (Phi) is 5.52. The second kappa shape index (κ2) is 7.38. The van der Waals surface area contributed by atoms with Gasteiger partial charge < -0.3 is 20.9 Å². The molecule has 1 amide bonds. The van der Waals surface area contributed by atoms with Gasteiger partial charge in [-0.1, -0.05) is 6.07 Å². The monoisotopic (exact) mass is 296 g/mol. The van der Waals surface area contributed by atoms with Crippen LogP contribution in [0.25, 0.3) is 0 Å². The van der Waals surface area contributed by atoms with Crippen LogP contribution in [0.1, 0.15) is 36.0 Å². The van der Waals surface area contributed by atoms with Gasteiger partial charge in [-0.05, 0) is 37.8 Å². The minimum Gasteiger partial charge on any atom is -0.507 e. The highest BCUT2D eigenvalue weighted by molar-refractivity contribution is 5.97. The molecular weight excluding hydrogens is 275 g/mol. The lowest BCUT2D eigenvalue weighted by Crippen LogP contribution is -2.33. The van der Waals surface area contributed by atoms with E-state index in [9.17, 15) is 14.3 Å². The standard InChI is InChI=1S/C15H21FN2O3/c16-12-2-1-3-13(19)14(12)15(20)18-8-9-21-11-6-4-10(17)5-7-11/h1-3,10-11,19H,4-9,17H2,(H,18,20). The number of ether oxygens (including phenoxy) is 1. The summed E-state index contributed by atoms with van der Waals surface area (Å²) in [5, 5.41) is 12.0. The van der Waals surface area contributed by atoms with E-state index in [-0.39, 0.29) is 30.0 Å². The highest BCUT2D eigenvalue weighted by Gasteiger charge is 2.19.